The van der Waals surface area contributed by atoms with Crippen molar-refractivity contribution < 1.29 is 9.90 Å². The lowest BCUT2D eigenvalue weighted by Gasteiger charge is -2.07. The predicted molar refractivity (Wildman–Crippen MR) is 73.9 cm³/mol. The van der Waals surface area contributed by atoms with Gasteiger partial charge >= 0.3 is 17.1 Å². The van der Waals surface area contributed by atoms with E-state index in [1.165, 1.54) is 22.9 Å². The molecule has 8 heteroatoms. The van der Waals surface area contributed by atoms with Gasteiger partial charge in [0.2, 0.25) is 0 Å². The van der Waals surface area contributed by atoms with Crippen LogP contribution in [0.2, 0.25) is 0 Å². The van der Waals surface area contributed by atoms with Gasteiger partial charge in [-0.1, -0.05) is 0 Å². The second kappa shape index (κ2) is 4.44. The van der Waals surface area contributed by atoms with Crippen LogP contribution in [0, 0.1) is 0 Å². The van der Waals surface area contributed by atoms with Crippen LogP contribution in [0.15, 0.2) is 40.1 Å². The lowest BCUT2D eigenvalue weighted by molar-refractivity contribution is 0.0697. The maximum absolute atomic E-state index is 12.1. The summed E-state index contributed by atoms with van der Waals surface area (Å²) >= 11 is 0. The van der Waals surface area contributed by atoms with Gasteiger partial charge in [0, 0.05) is 19.3 Å². The van der Waals surface area contributed by atoms with Crippen LogP contribution in [0.4, 0.5) is 0 Å². The second-order valence-electron chi connectivity index (χ2n) is 4.48. The third-order valence-corrected chi connectivity index (χ3v) is 3.06. The zero-order chi connectivity index (χ0) is 15.1. The van der Waals surface area contributed by atoms with E-state index in [1.54, 1.807) is 19.3 Å². The van der Waals surface area contributed by atoms with E-state index >= 15 is 0 Å². The molecule has 0 aliphatic heterocycles. The van der Waals surface area contributed by atoms with Gasteiger partial charge in [-0.25, -0.2) is 4.79 Å². The summed E-state index contributed by atoms with van der Waals surface area (Å²) in [5.41, 5.74) is -0.966. The Morgan fingerprint density at radius 3 is 2.67 bits per heavy atom. The molecular formula is C13H10N4O4. The molecule has 1 aromatic carbocycles. The number of nitrogens with zero attached hydrogens (tertiary/aromatic N) is 3. The number of H-pyrrole nitrogens is 1. The van der Waals surface area contributed by atoms with Crippen LogP contribution in [-0.4, -0.2) is 30.4 Å². The highest BCUT2D eigenvalue weighted by molar-refractivity contribution is 5.92. The third-order valence-electron chi connectivity index (χ3n) is 3.06. The topological polar surface area (TPSA) is 110 Å². The number of aromatic carboxylic acids is 1. The molecule has 2 N–H and O–H groups in total. The van der Waals surface area contributed by atoms with Gasteiger partial charge in [0.15, 0.2) is 5.82 Å². The minimum absolute atomic E-state index is 0.0126. The van der Waals surface area contributed by atoms with E-state index in [2.05, 4.69) is 10.1 Å². The first kappa shape index (κ1) is 12.9. The van der Waals surface area contributed by atoms with E-state index in [-0.39, 0.29) is 16.9 Å². The predicted octanol–water partition coefficient (Wildman–Crippen LogP) is 0.111. The lowest BCUT2D eigenvalue weighted by atomic mass is 10.2. The minimum atomic E-state index is -1.12. The van der Waals surface area contributed by atoms with Gasteiger partial charge in [-0.05, 0) is 18.2 Å². The van der Waals surface area contributed by atoms with Gasteiger partial charge in [-0.3, -0.25) is 18.8 Å². The van der Waals surface area contributed by atoms with Gasteiger partial charge in [0.05, 0.1) is 16.6 Å². The Hall–Kier alpha value is -3.16. The summed E-state index contributed by atoms with van der Waals surface area (Å²) in [5.74, 6) is -0.871. The molecule has 0 spiro atoms. The smallest absolute Gasteiger partial charge is 0.335 e. The number of carbonyl (C=O) groups is 1. The van der Waals surface area contributed by atoms with E-state index in [0.29, 0.717) is 5.52 Å². The van der Waals surface area contributed by atoms with Crippen LogP contribution in [0.1, 0.15) is 10.4 Å². The highest BCUT2D eigenvalue weighted by atomic mass is 16.4. The van der Waals surface area contributed by atoms with E-state index in [1.807, 2.05) is 0 Å². The molecular weight excluding hydrogens is 276 g/mol. The second-order valence-corrected chi connectivity index (χ2v) is 4.48. The largest absolute Gasteiger partial charge is 0.478 e. The number of carboxylic acids is 1. The molecule has 0 radical (unpaired) electrons. The number of benzene rings is 1. The van der Waals surface area contributed by atoms with Gasteiger partial charge in [-0.2, -0.15) is 5.10 Å². The van der Waals surface area contributed by atoms with E-state index in [9.17, 15) is 14.4 Å². The van der Waals surface area contributed by atoms with Crippen LogP contribution < -0.4 is 11.1 Å². The highest BCUT2D eigenvalue weighted by Gasteiger charge is 2.13. The molecule has 0 saturated carbocycles. The van der Waals surface area contributed by atoms with E-state index in [4.69, 9.17) is 5.11 Å². The first-order valence-corrected chi connectivity index (χ1v) is 6.00. The number of hydrogen-bond donors (Lipinski definition) is 2. The molecule has 0 aliphatic rings. The Bertz CT molecular complexity index is 980. The fourth-order valence-electron chi connectivity index (χ4n) is 2.09. The van der Waals surface area contributed by atoms with Crippen molar-refractivity contribution in [3.05, 3.63) is 56.7 Å². The Labute approximate surface area is 116 Å². The first-order chi connectivity index (χ1) is 9.97. The molecule has 0 bridgehead atoms. The summed E-state index contributed by atoms with van der Waals surface area (Å²) in [7, 11) is 1.67. The molecule has 8 nitrogen and oxygen atoms in total. The Kier molecular flexibility index (Phi) is 2.72. The average molecular weight is 286 g/mol. The summed E-state index contributed by atoms with van der Waals surface area (Å²) in [4.78, 5) is 37.3. The molecule has 2 aromatic heterocycles. The molecule has 3 aromatic rings. The molecule has 106 valence electrons. The monoisotopic (exact) mass is 286 g/mol. The number of carboxylic acid groups (broad SMARTS) is 1. The van der Waals surface area contributed by atoms with E-state index < -0.39 is 17.1 Å². The van der Waals surface area contributed by atoms with Crippen molar-refractivity contribution >= 4 is 17.0 Å². The molecule has 0 aliphatic carbocycles. The quantitative estimate of drug-likeness (QED) is 0.650. The average Bonchev–Trinajstić information content (AvgIpc) is 2.86. The van der Waals surface area contributed by atoms with Gasteiger partial charge in [0.25, 0.3) is 0 Å². The normalized spacial score (nSPS) is 10.9. The van der Waals surface area contributed by atoms with Gasteiger partial charge in [-0.15, -0.1) is 0 Å². The summed E-state index contributed by atoms with van der Waals surface area (Å²) < 4.78 is 2.58. The molecule has 21 heavy (non-hydrogen) atoms. The number of nitrogens with one attached hydrogen (secondary N) is 1. The standard InChI is InChI=1S/C13H10N4O4/c1-16-5-4-10(15-16)17-9-6-7(13(20)21)2-3-8(9)14-11(18)12(17)19/h2-6H,1H3,(H,14,18)(H,20,21). The zero-order valence-corrected chi connectivity index (χ0v) is 10.9. The van der Waals surface area contributed by atoms with Crippen LogP contribution in [0.3, 0.4) is 0 Å². The number of aromatic nitrogens is 4. The zero-order valence-electron chi connectivity index (χ0n) is 10.9. The Morgan fingerprint density at radius 1 is 1.29 bits per heavy atom. The first-order valence-electron chi connectivity index (χ1n) is 6.00. The number of aromatic amines is 1. The highest BCUT2D eigenvalue weighted by Crippen LogP contribution is 2.14. The van der Waals surface area contributed by atoms with Crippen molar-refractivity contribution in [1.82, 2.24) is 19.3 Å². The lowest BCUT2D eigenvalue weighted by Crippen LogP contribution is -2.35. The van der Waals surface area contributed by atoms with Crippen LogP contribution in [-0.2, 0) is 7.05 Å². The van der Waals surface area contributed by atoms with Crippen molar-refractivity contribution in [1.29, 1.82) is 0 Å². The summed E-state index contributed by atoms with van der Waals surface area (Å²) in [5, 5.41) is 13.1. The summed E-state index contributed by atoms with van der Waals surface area (Å²) in [6.07, 6.45) is 1.62. The third kappa shape index (κ3) is 2.02. The molecule has 0 unspecified atom stereocenters. The number of fused-ring (bicyclic) bond motifs is 1. The SMILES string of the molecule is Cn1ccc(-n2c(=O)c(=O)[nH]c3ccc(C(=O)O)cc32)n1. The molecule has 0 saturated heterocycles. The minimum Gasteiger partial charge on any atom is -0.478 e. The molecule has 3 rings (SSSR count). The van der Waals surface area contributed by atoms with Crippen molar-refractivity contribution in [2.45, 2.75) is 0 Å². The van der Waals surface area contributed by atoms with Crippen LogP contribution in [0.25, 0.3) is 16.9 Å². The summed E-state index contributed by atoms with van der Waals surface area (Å²) in [6.45, 7) is 0. The van der Waals surface area contributed by atoms with Crippen molar-refractivity contribution in [2.24, 2.45) is 7.05 Å². The molecule has 0 atom stereocenters. The van der Waals surface area contributed by atoms with Crippen molar-refractivity contribution in [2.75, 3.05) is 0 Å². The molecule has 0 amide bonds. The van der Waals surface area contributed by atoms with Crippen molar-refractivity contribution in [3.8, 4) is 5.82 Å². The number of hydrogen-bond acceptors (Lipinski definition) is 4. The summed E-state index contributed by atoms with van der Waals surface area (Å²) in [6, 6.07) is 5.68. The maximum atomic E-state index is 12.1. The number of aryl methyl sites for hydroxylation is 1. The van der Waals surface area contributed by atoms with Crippen molar-refractivity contribution in [3.63, 3.8) is 0 Å². The molecule has 0 fully saturated rings. The Morgan fingerprint density at radius 2 is 2.05 bits per heavy atom. The van der Waals surface area contributed by atoms with Gasteiger partial charge < -0.3 is 10.1 Å². The fourth-order valence-corrected chi connectivity index (χ4v) is 2.09. The maximum Gasteiger partial charge on any atom is 0.335 e. The Balaban J connectivity index is 2.47. The van der Waals surface area contributed by atoms with Crippen LogP contribution in [0.5, 0.6) is 0 Å². The molecule has 2 heterocycles. The van der Waals surface area contributed by atoms with E-state index in [0.717, 1.165) is 4.57 Å². The van der Waals surface area contributed by atoms with Crippen LogP contribution >= 0.6 is 0 Å². The number of rotatable bonds is 2. The fraction of sp³-hybridized carbons (Fsp3) is 0.0769. The van der Waals surface area contributed by atoms with Gasteiger partial charge in [0.1, 0.15) is 0 Å².